The molecule has 0 fully saturated rings. The van der Waals surface area contributed by atoms with Crippen LogP contribution in [0.5, 0.6) is 0 Å². The Hall–Kier alpha value is -2.03. The molecule has 0 saturated carbocycles. The van der Waals surface area contributed by atoms with Crippen molar-refractivity contribution in [2.24, 2.45) is 5.41 Å². The second kappa shape index (κ2) is 8.55. The van der Waals surface area contributed by atoms with E-state index >= 15 is 0 Å². The molecule has 0 saturated heterocycles. The summed E-state index contributed by atoms with van der Waals surface area (Å²) in [7, 11) is 1.12. The van der Waals surface area contributed by atoms with E-state index in [1.165, 1.54) is 22.2 Å². The van der Waals surface area contributed by atoms with E-state index in [2.05, 4.69) is 65.3 Å². The summed E-state index contributed by atoms with van der Waals surface area (Å²) >= 11 is 0. The van der Waals surface area contributed by atoms with Gasteiger partial charge in [-0.3, -0.25) is 0 Å². The third-order valence-electron chi connectivity index (χ3n) is 5.74. The molecule has 2 N–H and O–H groups in total. The van der Waals surface area contributed by atoms with E-state index in [1.54, 1.807) is 0 Å². The summed E-state index contributed by atoms with van der Waals surface area (Å²) in [5.41, 5.74) is 7.64. The van der Waals surface area contributed by atoms with Crippen molar-refractivity contribution >= 4 is 26.5 Å². The molecular formula is C24H29B2O2. The maximum absolute atomic E-state index is 8.91. The number of allylic oxidation sites excluding steroid dienone is 2. The summed E-state index contributed by atoms with van der Waals surface area (Å²) in [5, 5.41) is 17.8. The smallest absolute Gasteiger partial charge is 0.423 e. The maximum Gasteiger partial charge on any atom is 0.484 e. The van der Waals surface area contributed by atoms with Crippen molar-refractivity contribution in [3.8, 4) is 0 Å². The van der Waals surface area contributed by atoms with Crippen molar-refractivity contribution in [2.75, 3.05) is 0 Å². The number of hydrogen-bond donors (Lipinski definition) is 2. The fourth-order valence-corrected chi connectivity index (χ4v) is 3.46. The molecule has 2 aliphatic rings. The molecule has 1 radical (unpaired) electrons. The Kier molecular flexibility index (Phi) is 6.32. The first kappa shape index (κ1) is 20.7. The van der Waals surface area contributed by atoms with Crippen LogP contribution in [0.2, 0.25) is 5.82 Å². The van der Waals surface area contributed by atoms with Crippen molar-refractivity contribution in [3.63, 3.8) is 0 Å². The second-order valence-electron chi connectivity index (χ2n) is 8.88. The predicted octanol–water partition coefficient (Wildman–Crippen LogP) is 4.78. The van der Waals surface area contributed by atoms with Gasteiger partial charge in [-0.1, -0.05) is 94.2 Å². The highest BCUT2D eigenvalue weighted by Crippen LogP contribution is 2.34. The highest BCUT2D eigenvalue weighted by Gasteiger charge is 2.24. The molecule has 2 nitrogen and oxygen atoms in total. The van der Waals surface area contributed by atoms with E-state index in [-0.39, 0.29) is 0 Å². The highest BCUT2D eigenvalue weighted by molar-refractivity contribution is 6.52. The Labute approximate surface area is 170 Å². The number of benzene rings is 2. The molecule has 0 bridgehead atoms. The van der Waals surface area contributed by atoms with Crippen molar-refractivity contribution in [2.45, 2.75) is 46.4 Å². The Balaban J connectivity index is 0.000000167. The molecule has 4 heteroatoms. The zero-order chi connectivity index (χ0) is 20.3. The Morgan fingerprint density at radius 2 is 1.39 bits per heavy atom. The van der Waals surface area contributed by atoms with Crippen molar-refractivity contribution in [3.05, 3.63) is 81.7 Å². The fraction of sp³-hybridized carbons (Fsp3) is 0.333. The van der Waals surface area contributed by atoms with Gasteiger partial charge in [-0.15, -0.1) is 5.47 Å². The molecule has 0 aromatic heterocycles. The minimum atomic E-state index is -1.31. The van der Waals surface area contributed by atoms with Crippen LogP contribution in [0.25, 0.3) is 12.2 Å². The van der Waals surface area contributed by atoms with E-state index in [0.717, 1.165) is 12.0 Å². The topological polar surface area (TPSA) is 40.5 Å². The summed E-state index contributed by atoms with van der Waals surface area (Å²) in [6, 6.07) is 16.6. The van der Waals surface area contributed by atoms with Gasteiger partial charge in [-0.2, -0.15) is 0 Å². The van der Waals surface area contributed by atoms with Crippen molar-refractivity contribution in [1.29, 1.82) is 0 Å². The largest absolute Gasteiger partial charge is 0.484 e. The van der Waals surface area contributed by atoms with Crippen molar-refractivity contribution in [1.82, 2.24) is 0 Å². The van der Waals surface area contributed by atoms with Crippen LogP contribution in [0, 0.1) is 5.41 Å². The lowest BCUT2D eigenvalue weighted by Gasteiger charge is -2.27. The minimum absolute atomic E-state index is 0.357. The average Bonchev–Trinajstić information content (AvgIpc) is 3.24. The lowest BCUT2D eigenvalue weighted by Crippen LogP contribution is -2.19. The van der Waals surface area contributed by atoms with Crippen LogP contribution in [-0.4, -0.2) is 24.4 Å². The Bertz CT molecular complexity index is 891. The summed E-state index contributed by atoms with van der Waals surface area (Å²) < 4.78 is 0. The molecule has 4 rings (SSSR count). The SMILES string of the molecule is CC([B]C1=Cc2ccccc2C1)C(C)(C)C.OB(O)C1=Cc2ccccc2C1. The first-order valence-corrected chi connectivity index (χ1v) is 10.0. The summed E-state index contributed by atoms with van der Waals surface area (Å²) in [6.07, 6.45) is 5.93. The second-order valence-corrected chi connectivity index (χ2v) is 8.88. The molecule has 0 amide bonds. The van der Waals surface area contributed by atoms with Crippen LogP contribution in [0.1, 0.15) is 49.9 Å². The van der Waals surface area contributed by atoms with Crippen LogP contribution in [-0.2, 0) is 12.8 Å². The lowest BCUT2D eigenvalue weighted by atomic mass is 9.51. The molecule has 1 unspecified atom stereocenters. The third-order valence-corrected chi connectivity index (χ3v) is 5.74. The van der Waals surface area contributed by atoms with E-state index in [4.69, 9.17) is 10.0 Å². The van der Waals surface area contributed by atoms with Gasteiger partial charge in [0.25, 0.3) is 0 Å². The van der Waals surface area contributed by atoms with Gasteiger partial charge in [0, 0.05) is 0 Å². The molecule has 2 aliphatic carbocycles. The van der Waals surface area contributed by atoms with Gasteiger partial charge in [0.1, 0.15) is 7.28 Å². The molecule has 0 aliphatic heterocycles. The molecular weight excluding hydrogens is 342 g/mol. The summed E-state index contributed by atoms with van der Waals surface area (Å²) in [6.45, 7) is 9.22. The molecule has 1 atom stereocenters. The van der Waals surface area contributed by atoms with Gasteiger partial charge in [-0.05, 0) is 46.0 Å². The lowest BCUT2D eigenvalue weighted by molar-refractivity contribution is 0.395. The standard InChI is InChI=1S/C15H20B.C9H9BO2/c1-11(15(2,3)4)16-14-9-12-7-5-6-8-13(12)10-14;11-10(12)9-5-7-3-1-2-4-8(7)6-9/h5-9,11H,10H2,1-4H3;1-5,11-12H,6H2. The van der Waals surface area contributed by atoms with Crippen LogP contribution >= 0.6 is 0 Å². The Morgan fingerprint density at radius 3 is 1.89 bits per heavy atom. The normalized spacial score (nSPS) is 15.5. The molecule has 28 heavy (non-hydrogen) atoms. The van der Waals surface area contributed by atoms with Gasteiger partial charge in [0.15, 0.2) is 0 Å². The van der Waals surface area contributed by atoms with E-state index in [1.807, 2.05) is 30.3 Å². The van der Waals surface area contributed by atoms with Gasteiger partial charge in [0.2, 0.25) is 0 Å². The fourth-order valence-electron chi connectivity index (χ4n) is 3.46. The van der Waals surface area contributed by atoms with E-state index in [9.17, 15) is 0 Å². The zero-order valence-corrected chi connectivity index (χ0v) is 17.3. The van der Waals surface area contributed by atoms with E-state index < -0.39 is 7.12 Å². The first-order valence-electron chi connectivity index (χ1n) is 10.0. The molecule has 0 spiro atoms. The van der Waals surface area contributed by atoms with Crippen LogP contribution in [0.4, 0.5) is 0 Å². The maximum atomic E-state index is 8.91. The summed E-state index contributed by atoms with van der Waals surface area (Å²) in [5.74, 6) is 0.619. The first-order chi connectivity index (χ1) is 13.2. The molecule has 2 aromatic carbocycles. The monoisotopic (exact) mass is 371 g/mol. The number of hydrogen-bond acceptors (Lipinski definition) is 2. The van der Waals surface area contributed by atoms with Crippen LogP contribution < -0.4 is 0 Å². The quantitative estimate of drug-likeness (QED) is 0.763. The van der Waals surface area contributed by atoms with Gasteiger partial charge >= 0.3 is 7.12 Å². The average molecular weight is 371 g/mol. The number of fused-ring (bicyclic) bond motifs is 2. The van der Waals surface area contributed by atoms with Crippen LogP contribution in [0.15, 0.2) is 59.5 Å². The van der Waals surface area contributed by atoms with E-state index in [0.29, 0.717) is 23.1 Å². The summed E-state index contributed by atoms with van der Waals surface area (Å²) in [4.78, 5) is 0. The third kappa shape index (κ3) is 5.06. The van der Waals surface area contributed by atoms with Gasteiger partial charge in [0.05, 0.1) is 0 Å². The molecule has 0 heterocycles. The predicted molar refractivity (Wildman–Crippen MR) is 121 cm³/mol. The highest BCUT2D eigenvalue weighted by atomic mass is 16.4. The zero-order valence-electron chi connectivity index (χ0n) is 17.3. The number of rotatable bonds is 3. The molecule has 143 valence electrons. The van der Waals surface area contributed by atoms with Gasteiger partial charge < -0.3 is 10.0 Å². The van der Waals surface area contributed by atoms with Crippen LogP contribution in [0.3, 0.4) is 0 Å². The van der Waals surface area contributed by atoms with Crippen molar-refractivity contribution < 1.29 is 10.0 Å². The minimum Gasteiger partial charge on any atom is -0.423 e. The molecule has 2 aromatic rings. The Morgan fingerprint density at radius 1 is 0.857 bits per heavy atom. The van der Waals surface area contributed by atoms with Gasteiger partial charge in [-0.25, -0.2) is 0 Å².